The van der Waals surface area contributed by atoms with Gasteiger partial charge in [-0.3, -0.25) is 0 Å². The van der Waals surface area contributed by atoms with E-state index in [1.807, 2.05) is 0 Å². The summed E-state index contributed by atoms with van der Waals surface area (Å²) in [6.07, 6.45) is 8.05. The first-order chi connectivity index (χ1) is 8.50. The molecule has 0 spiro atoms. The molecule has 3 atom stereocenters. The second-order valence-corrected chi connectivity index (χ2v) is 7.16. The Balaban J connectivity index is 2.20. The molecule has 0 aromatic rings. The molecule has 1 heteroatoms. The third-order valence-corrected chi connectivity index (χ3v) is 6.08. The molecule has 2 aliphatic rings. The van der Waals surface area contributed by atoms with Gasteiger partial charge in [0.25, 0.3) is 0 Å². The summed E-state index contributed by atoms with van der Waals surface area (Å²) in [4.78, 5) is 0. The largest absolute Gasteiger partial charge is 0.392 e. The monoisotopic (exact) mass is 250 g/mol. The van der Waals surface area contributed by atoms with E-state index in [2.05, 4.69) is 27.7 Å². The predicted octanol–water partition coefficient (Wildman–Crippen LogP) is 4.56. The maximum absolute atomic E-state index is 9.35. The van der Waals surface area contributed by atoms with E-state index < -0.39 is 0 Å². The summed E-state index contributed by atoms with van der Waals surface area (Å²) < 4.78 is 0. The molecular formula is C17H30O. The Bertz CT molecular complexity index is 327. The molecule has 18 heavy (non-hydrogen) atoms. The van der Waals surface area contributed by atoms with Crippen molar-refractivity contribution in [1.82, 2.24) is 0 Å². The number of aliphatic hydroxyl groups excluding tert-OH is 1. The number of allylic oxidation sites excluding steroid dienone is 1. The fraction of sp³-hybridized carbons (Fsp3) is 0.882. The summed E-state index contributed by atoms with van der Waals surface area (Å²) in [7, 11) is 0. The fourth-order valence-corrected chi connectivity index (χ4v) is 4.63. The lowest BCUT2D eigenvalue weighted by Crippen LogP contribution is -2.43. The number of hydrogen-bond acceptors (Lipinski definition) is 1. The molecule has 0 aromatic carbocycles. The van der Waals surface area contributed by atoms with Crippen LogP contribution in [0, 0.1) is 23.2 Å². The van der Waals surface area contributed by atoms with E-state index in [9.17, 15) is 5.11 Å². The average molecular weight is 250 g/mol. The molecule has 0 amide bonds. The summed E-state index contributed by atoms with van der Waals surface area (Å²) in [6, 6.07) is 0. The first kappa shape index (κ1) is 14.1. The van der Waals surface area contributed by atoms with Crippen molar-refractivity contribution in [2.75, 3.05) is 6.61 Å². The SMILES string of the molecule is CC[C@H]1CC[C@@H]2CCC(=C(C)CO)C[C@H]2C1(C)C. The number of fused-ring (bicyclic) bond motifs is 1. The van der Waals surface area contributed by atoms with Crippen molar-refractivity contribution < 1.29 is 5.11 Å². The minimum atomic E-state index is 0.254. The minimum absolute atomic E-state index is 0.254. The second kappa shape index (κ2) is 5.36. The highest BCUT2D eigenvalue weighted by Crippen LogP contribution is 2.55. The quantitative estimate of drug-likeness (QED) is 0.712. The smallest absolute Gasteiger partial charge is 0.0641 e. The van der Waals surface area contributed by atoms with Gasteiger partial charge in [0.05, 0.1) is 6.61 Å². The topological polar surface area (TPSA) is 20.2 Å². The molecule has 0 saturated heterocycles. The van der Waals surface area contributed by atoms with Gasteiger partial charge < -0.3 is 5.11 Å². The van der Waals surface area contributed by atoms with Crippen LogP contribution in [0.2, 0.25) is 0 Å². The molecule has 1 nitrogen and oxygen atoms in total. The molecular weight excluding hydrogens is 220 g/mol. The van der Waals surface area contributed by atoms with Gasteiger partial charge in [0, 0.05) is 0 Å². The predicted molar refractivity (Wildman–Crippen MR) is 77.4 cm³/mol. The Hall–Kier alpha value is -0.300. The molecule has 2 aliphatic carbocycles. The number of rotatable bonds is 2. The van der Waals surface area contributed by atoms with E-state index in [1.165, 1.54) is 44.1 Å². The third kappa shape index (κ3) is 2.39. The Morgan fingerprint density at radius 1 is 1.28 bits per heavy atom. The first-order valence-corrected chi connectivity index (χ1v) is 7.79. The molecule has 1 N–H and O–H groups in total. The van der Waals surface area contributed by atoms with Crippen molar-refractivity contribution in [3.05, 3.63) is 11.1 Å². The van der Waals surface area contributed by atoms with Gasteiger partial charge in [-0.1, -0.05) is 32.8 Å². The van der Waals surface area contributed by atoms with Gasteiger partial charge in [0.2, 0.25) is 0 Å². The highest BCUT2D eigenvalue weighted by Gasteiger charge is 2.45. The van der Waals surface area contributed by atoms with Gasteiger partial charge >= 0.3 is 0 Å². The number of hydrogen-bond donors (Lipinski definition) is 1. The molecule has 0 bridgehead atoms. The van der Waals surface area contributed by atoms with Crippen molar-refractivity contribution in [3.8, 4) is 0 Å². The maximum Gasteiger partial charge on any atom is 0.0641 e. The Kier molecular flexibility index (Phi) is 4.21. The van der Waals surface area contributed by atoms with E-state index in [0.29, 0.717) is 5.41 Å². The van der Waals surface area contributed by atoms with Gasteiger partial charge in [-0.2, -0.15) is 0 Å². The molecule has 0 radical (unpaired) electrons. The lowest BCUT2D eigenvalue weighted by atomic mass is 9.53. The van der Waals surface area contributed by atoms with Crippen LogP contribution in [0.5, 0.6) is 0 Å². The van der Waals surface area contributed by atoms with Crippen LogP contribution in [-0.2, 0) is 0 Å². The van der Waals surface area contributed by atoms with Crippen LogP contribution < -0.4 is 0 Å². The van der Waals surface area contributed by atoms with Crippen molar-refractivity contribution in [2.24, 2.45) is 23.2 Å². The Morgan fingerprint density at radius 2 is 2.00 bits per heavy atom. The van der Waals surface area contributed by atoms with E-state index in [0.717, 1.165) is 17.8 Å². The van der Waals surface area contributed by atoms with Gasteiger partial charge in [-0.25, -0.2) is 0 Å². The van der Waals surface area contributed by atoms with E-state index in [-0.39, 0.29) is 6.61 Å². The van der Waals surface area contributed by atoms with Crippen LogP contribution in [0.15, 0.2) is 11.1 Å². The summed E-state index contributed by atoms with van der Waals surface area (Å²) >= 11 is 0. The molecule has 0 unspecified atom stereocenters. The van der Waals surface area contributed by atoms with Gasteiger partial charge in [0.1, 0.15) is 0 Å². The lowest BCUT2D eigenvalue weighted by molar-refractivity contribution is -0.00318. The van der Waals surface area contributed by atoms with Gasteiger partial charge in [-0.15, -0.1) is 0 Å². The van der Waals surface area contributed by atoms with Crippen LogP contribution >= 0.6 is 0 Å². The average Bonchev–Trinajstić information content (AvgIpc) is 2.37. The molecule has 104 valence electrons. The van der Waals surface area contributed by atoms with Crippen molar-refractivity contribution in [2.45, 2.75) is 66.2 Å². The standard InChI is InChI=1S/C17H30O/c1-5-15-9-8-13-6-7-14(12(2)11-18)10-16(13)17(15,3)4/h13,15-16,18H,5-11H2,1-4H3/t13-,15-,16+/m0/s1. The van der Waals surface area contributed by atoms with Crippen LogP contribution in [-0.4, -0.2) is 11.7 Å². The van der Waals surface area contributed by atoms with Crippen LogP contribution in [0.3, 0.4) is 0 Å². The van der Waals surface area contributed by atoms with Gasteiger partial charge in [-0.05, 0) is 67.8 Å². The van der Waals surface area contributed by atoms with Crippen LogP contribution in [0.25, 0.3) is 0 Å². The Labute approximate surface area is 113 Å². The summed E-state index contributed by atoms with van der Waals surface area (Å²) in [6.45, 7) is 9.71. The minimum Gasteiger partial charge on any atom is -0.392 e. The normalized spacial score (nSPS) is 38.2. The van der Waals surface area contributed by atoms with Crippen molar-refractivity contribution in [3.63, 3.8) is 0 Å². The van der Waals surface area contributed by atoms with Crippen LogP contribution in [0.4, 0.5) is 0 Å². The van der Waals surface area contributed by atoms with E-state index >= 15 is 0 Å². The summed E-state index contributed by atoms with van der Waals surface area (Å²) in [5, 5.41) is 9.35. The maximum atomic E-state index is 9.35. The van der Waals surface area contributed by atoms with Crippen molar-refractivity contribution >= 4 is 0 Å². The van der Waals surface area contributed by atoms with Crippen molar-refractivity contribution in [1.29, 1.82) is 0 Å². The highest BCUT2D eigenvalue weighted by molar-refractivity contribution is 5.17. The Morgan fingerprint density at radius 3 is 2.61 bits per heavy atom. The fourth-order valence-electron chi connectivity index (χ4n) is 4.63. The van der Waals surface area contributed by atoms with Crippen LogP contribution in [0.1, 0.15) is 66.2 Å². The molecule has 0 aliphatic heterocycles. The zero-order chi connectivity index (χ0) is 13.3. The second-order valence-electron chi connectivity index (χ2n) is 7.16. The van der Waals surface area contributed by atoms with E-state index in [1.54, 1.807) is 5.57 Å². The zero-order valence-electron chi connectivity index (χ0n) is 12.6. The van der Waals surface area contributed by atoms with Gasteiger partial charge in [0.15, 0.2) is 0 Å². The summed E-state index contributed by atoms with van der Waals surface area (Å²) in [5.74, 6) is 2.69. The lowest BCUT2D eigenvalue weighted by Gasteiger charge is -2.52. The molecule has 2 saturated carbocycles. The summed E-state index contributed by atoms with van der Waals surface area (Å²) in [5.41, 5.74) is 3.28. The van der Waals surface area contributed by atoms with E-state index in [4.69, 9.17) is 0 Å². The highest BCUT2D eigenvalue weighted by atomic mass is 16.3. The molecule has 2 fully saturated rings. The first-order valence-electron chi connectivity index (χ1n) is 7.79. The zero-order valence-corrected chi connectivity index (χ0v) is 12.6. The molecule has 2 rings (SSSR count). The third-order valence-electron chi connectivity index (χ3n) is 6.08. The molecule has 0 aromatic heterocycles. The number of aliphatic hydroxyl groups is 1. The molecule has 0 heterocycles.